The SMILES string of the molecule is CCCCCCCCOc1cc2c(cc1Br)sc1cc(Br)c(C)cc12. The summed E-state index contributed by atoms with van der Waals surface area (Å²) in [5, 5.41) is 2.61. The van der Waals surface area contributed by atoms with Gasteiger partial charge in [-0.2, -0.15) is 0 Å². The summed E-state index contributed by atoms with van der Waals surface area (Å²) in [6.45, 7) is 5.19. The van der Waals surface area contributed by atoms with Gasteiger partial charge in [0.05, 0.1) is 11.1 Å². The van der Waals surface area contributed by atoms with E-state index in [9.17, 15) is 0 Å². The number of hydrogen-bond donors (Lipinski definition) is 0. The van der Waals surface area contributed by atoms with E-state index in [4.69, 9.17) is 4.74 Å². The Balaban J connectivity index is 1.74. The van der Waals surface area contributed by atoms with Crippen molar-refractivity contribution in [3.63, 3.8) is 0 Å². The molecular formula is C21H24Br2OS. The molecule has 0 radical (unpaired) electrons. The maximum Gasteiger partial charge on any atom is 0.134 e. The fourth-order valence-electron chi connectivity index (χ4n) is 3.08. The van der Waals surface area contributed by atoms with Crippen LogP contribution in [-0.4, -0.2) is 6.61 Å². The van der Waals surface area contributed by atoms with Crippen molar-refractivity contribution in [3.05, 3.63) is 38.8 Å². The molecule has 0 saturated heterocycles. The lowest BCUT2D eigenvalue weighted by Gasteiger charge is -2.09. The van der Waals surface area contributed by atoms with Gasteiger partial charge in [0, 0.05) is 24.6 Å². The first-order valence-electron chi connectivity index (χ1n) is 9.05. The molecule has 4 heteroatoms. The summed E-state index contributed by atoms with van der Waals surface area (Å²) in [6.07, 6.45) is 7.71. The van der Waals surface area contributed by atoms with Crippen LogP contribution >= 0.6 is 43.2 Å². The molecular weight excluding hydrogens is 460 g/mol. The molecule has 0 N–H and O–H groups in total. The molecule has 0 fully saturated rings. The minimum absolute atomic E-state index is 0.795. The van der Waals surface area contributed by atoms with Gasteiger partial charge >= 0.3 is 0 Å². The summed E-state index contributed by atoms with van der Waals surface area (Å²) in [5.74, 6) is 0.960. The van der Waals surface area contributed by atoms with Crippen LogP contribution in [0.5, 0.6) is 5.75 Å². The number of thiophene rings is 1. The molecule has 1 aromatic heterocycles. The minimum Gasteiger partial charge on any atom is -0.492 e. The van der Waals surface area contributed by atoms with E-state index in [1.165, 1.54) is 62.3 Å². The Morgan fingerprint density at radius 3 is 2.24 bits per heavy atom. The maximum absolute atomic E-state index is 6.07. The van der Waals surface area contributed by atoms with Crippen LogP contribution in [0.1, 0.15) is 51.0 Å². The van der Waals surface area contributed by atoms with Crippen LogP contribution in [-0.2, 0) is 0 Å². The minimum atomic E-state index is 0.795. The first-order chi connectivity index (χ1) is 12.1. The summed E-state index contributed by atoms with van der Waals surface area (Å²) >= 11 is 9.15. The van der Waals surface area contributed by atoms with Crippen molar-refractivity contribution in [3.8, 4) is 5.75 Å². The molecule has 0 bridgehead atoms. The van der Waals surface area contributed by atoms with E-state index in [0.29, 0.717) is 0 Å². The van der Waals surface area contributed by atoms with Crippen molar-refractivity contribution in [2.75, 3.05) is 6.61 Å². The second-order valence-electron chi connectivity index (χ2n) is 6.59. The molecule has 3 rings (SSSR count). The van der Waals surface area contributed by atoms with Gasteiger partial charge in [-0.05, 0) is 59.1 Å². The van der Waals surface area contributed by atoms with Crippen LogP contribution in [0.15, 0.2) is 33.2 Å². The van der Waals surface area contributed by atoms with E-state index in [1.807, 2.05) is 11.3 Å². The van der Waals surface area contributed by atoms with Crippen LogP contribution in [0, 0.1) is 6.92 Å². The molecule has 0 spiro atoms. The van der Waals surface area contributed by atoms with Crippen LogP contribution in [0.25, 0.3) is 20.2 Å². The molecule has 134 valence electrons. The quantitative estimate of drug-likeness (QED) is 0.291. The van der Waals surface area contributed by atoms with Crippen LogP contribution in [0.4, 0.5) is 0 Å². The molecule has 0 aliphatic carbocycles. The molecule has 0 saturated carbocycles. The number of fused-ring (bicyclic) bond motifs is 3. The summed E-state index contributed by atoms with van der Waals surface area (Å²) in [7, 11) is 0. The average molecular weight is 484 g/mol. The van der Waals surface area contributed by atoms with Crippen molar-refractivity contribution in [1.29, 1.82) is 0 Å². The van der Waals surface area contributed by atoms with E-state index in [1.54, 1.807) is 0 Å². The first kappa shape index (κ1) is 19.2. The highest BCUT2D eigenvalue weighted by Crippen LogP contribution is 2.41. The number of halogens is 2. The topological polar surface area (TPSA) is 9.23 Å². The van der Waals surface area contributed by atoms with Gasteiger partial charge in [-0.1, -0.05) is 55.0 Å². The van der Waals surface area contributed by atoms with Gasteiger partial charge in [-0.3, -0.25) is 0 Å². The van der Waals surface area contributed by atoms with Crippen molar-refractivity contribution in [2.45, 2.75) is 52.4 Å². The summed E-state index contributed by atoms with van der Waals surface area (Å²) in [6, 6.07) is 8.88. The Bertz CT molecular complexity index is 869. The third-order valence-electron chi connectivity index (χ3n) is 4.56. The van der Waals surface area contributed by atoms with Gasteiger partial charge in [0.1, 0.15) is 5.75 Å². The highest BCUT2D eigenvalue weighted by molar-refractivity contribution is 9.10. The Morgan fingerprint density at radius 1 is 0.840 bits per heavy atom. The second kappa shape index (κ2) is 8.88. The van der Waals surface area contributed by atoms with Crippen LogP contribution in [0.3, 0.4) is 0 Å². The molecule has 3 aromatic rings. The molecule has 1 heterocycles. The van der Waals surface area contributed by atoms with Gasteiger partial charge in [-0.25, -0.2) is 0 Å². The smallest absolute Gasteiger partial charge is 0.134 e. The molecule has 0 atom stereocenters. The summed E-state index contributed by atoms with van der Waals surface area (Å²) < 4.78 is 10.9. The molecule has 25 heavy (non-hydrogen) atoms. The van der Waals surface area contributed by atoms with Crippen molar-refractivity contribution < 1.29 is 4.74 Å². The Morgan fingerprint density at radius 2 is 1.48 bits per heavy atom. The Hall–Kier alpha value is -0.580. The van der Waals surface area contributed by atoms with Crippen molar-refractivity contribution in [1.82, 2.24) is 0 Å². The monoisotopic (exact) mass is 482 g/mol. The molecule has 2 aromatic carbocycles. The van der Waals surface area contributed by atoms with Gasteiger partial charge in [0.2, 0.25) is 0 Å². The van der Waals surface area contributed by atoms with Gasteiger partial charge in [0.25, 0.3) is 0 Å². The summed E-state index contributed by atoms with van der Waals surface area (Å²) in [5.41, 5.74) is 1.27. The normalized spacial score (nSPS) is 11.5. The lowest BCUT2D eigenvalue weighted by molar-refractivity contribution is 0.303. The Labute approximate surface area is 171 Å². The predicted octanol–water partition coefficient (Wildman–Crippen LogP) is 8.63. The third-order valence-corrected chi connectivity index (χ3v) is 7.15. The molecule has 1 nitrogen and oxygen atoms in total. The standard InChI is InChI=1S/C21H24Br2OS/c1-3-4-5-6-7-8-9-24-19-11-16-15-10-14(2)17(22)12-20(15)25-21(16)13-18(19)23/h10-13H,3-9H2,1-2H3. The third kappa shape index (κ3) is 4.58. The molecule has 0 unspecified atom stereocenters. The number of aryl methyl sites for hydroxylation is 1. The van der Waals surface area contributed by atoms with Crippen molar-refractivity contribution >= 4 is 63.4 Å². The number of hydrogen-bond acceptors (Lipinski definition) is 2. The number of unbranched alkanes of at least 4 members (excludes halogenated alkanes) is 5. The van der Waals surface area contributed by atoms with Crippen molar-refractivity contribution in [2.24, 2.45) is 0 Å². The highest BCUT2D eigenvalue weighted by Gasteiger charge is 2.11. The average Bonchev–Trinajstić information content (AvgIpc) is 2.90. The summed E-state index contributed by atoms with van der Waals surface area (Å²) in [4.78, 5) is 0. The zero-order valence-electron chi connectivity index (χ0n) is 14.8. The lowest BCUT2D eigenvalue weighted by Crippen LogP contribution is -1.98. The number of ether oxygens (including phenoxy) is 1. The lowest BCUT2D eigenvalue weighted by atomic mass is 10.1. The van der Waals surface area contributed by atoms with E-state index in [-0.39, 0.29) is 0 Å². The van der Waals surface area contributed by atoms with Crippen LogP contribution in [0.2, 0.25) is 0 Å². The fraction of sp³-hybridized carbons (Fsp3) is 0.429. The number of benzene rings is 2. The Kier molecular flexibility index (Phi) is 6.81. The first-order valence-corrected chi connectivity index (χ1v) is 11.4. The molecule has 0 aliphatic rings. The van der Waals surface area contributed by atoms with Gasteiger partial charge in [-0.15, -0.1) is 11.3 Å². The zero-order valence-corrected chi connectivity index (χ0v) is 18.8. The maximum atomic E-state index is 6.07. The zero-order chi connectivity index (χ0) is 17.8. The number of rotatable bonds is 8. The van der Waals surface area contributed by atoms with E-state index >= 15 is 0 Å². The highest BCUT2D eigenvalue weighted by atomic mass is 79.9. The molecule has 0 aliphatic heterocycles. The van der Waals surface area contributed by atoms with Gasteiger partial charge < -0.3 is 4.74 Å². The van der Waals surface area contributed by atoms with E-state index < -0.39 is 0 Å². The van der Waals surface area contributed by atoms with Gasteiger partial charge in [0.15, 0.2) is 0 Å². The predicted molar refractivity (Wildman–Crippen MR) is 118 cm³/mol. The fourth-order valence-corrected chi connectivity index (χ4v) is 5.33. The molecule has 0 amide bonds. The second-order valence-corrected chi connectivity index (χ2v) is 9.39. The van der Waals surface area contributed by atoms with E-state index in [0.717, 1.165) is 23.2 Å². The van der Waals surface area contributed by atoms with Crippen LogP contribution < -0.4 is 4.74 Å². The van der Waals surface area contributed by atoms with E-state index in [2.05, 4.69) is 70.0 Å². The largest absolute Gasteiger partial charge is 0.492 e.